The fourth-order valence-corrected chi connectivity index (χ4v) is 3.26. The SMILES string of the molecule is O=C1OC(c2cccs2)=N/C1=C\c1ccc(OCc2ccc([N+](=O)[O-])cc2)cc1. The average Bonchev–Trinajstić information content (AvgIpc) is 3.38. The second kappa shape index (κ2) is 8.07. The molecule has 3 aromatic rings. The number of non-ortho nitro benzene ring substituents is 1. The summed E-state index contributed by atoms with van der Waals surface area (Å²) >= 11 is 1.45. The fourth-order valence-electron chi connectivity index (χ4n) is 2.61. The Morgan fingerprint density at radius 3 is 2.52 bits per heavy atom. The Hall–Kier alpha value is -3.78. The van der Waals surface area contributed by atoms with E-state index in [-0.39, 0.29) is 11.4 Å². The average molecular weight is 406 g/mol. The lowest BCUT2D eigenvalue weighted by molar-refractivity contribution is -0.384. The van der Waals surface area contributed by atoms with Gasteiger partial charge in [-0.1, -0.05) is 18.2 Å². The number of nitrogens with zero attached hydrogens (tertiary/aromatic N) is 2. The van der Waals surface area contributed by atoms with Crippen LogP contribution in [-0.2, 0) is 16.1 Å². The summed E-state index contributed by atoms with van der Waals surface area (Å²) in [7, 11) is 0. The number of esters is 1. The highest BCUT2D eigenvalue weighted by atomic mass is 32.1. The van der Waals surface area contributed by atoms with Gasteiger partial charge in [0.25, 0.3) is 5.69 Å². The van der Waals surface area contributed by atoms with Crippen LogP contribution in [0.2, 0.25) is 0 Å². The minimum Gasteiger partial charge on any atom is -0.489 e. The number of hydrogen-bond donors (Lipinski definition) is 0. The molecule has 0 saturated heterocycles. The Morgan fingerprint density at radius 1 is 1.10 bits per heavy atom. The van der Waals surface area contributed by atoms with Gasteiger partial charge in [0, 0.05) is 12.1 Å². The molecule has 0 radical (unpaired) electrons. The molecular weight excluding hydrogens is 392 g/mol. The van der Waals surface area contributed by atoms with E-state index < -0.39 is 10.9 Å². The van der Waals surface area contributed by atoms with Crippen molar-refractivity contribution < 1.29 is 19.2 Å². The molecule has 0 fully saturated rings. The molecule has 8 heteroatoms. The van der Waals surface area contributed by atoms with Gasteiger partial charge in [0.1, 0.15) is 12.4 Å². The van der Waals surface area contributed by atoms with Crippen molar-refractivity contribution in [1.29, 1.82) is 0 Å². The molecule has 4 rings (SSSR count). The number of carbonyl (C=O) groups is 1. The van der Waals surface area contributed by atoms with E-state index in [0.29, 0.717) is 18.3 Å². The zero-order valence-electron chi connectivity index (χ0n) is 15.0. The number of nitro groups is 1. The lowest BCUT2D eigenvalue weighted by Crippen LogP contribution is -2.03. The van der Waals surface area contributed by atoms with Crippen LogP contribution in [0.25, 0.3) is 6.08 Å². The van der Waals surface area contributed by atoms with Crippen LogP contribution in [0.3, 0.4) is 0 Å². The van der Waals surface area contributed by atoms with E-state index in [4.69, 9.17) is 9.47 Å². The zero-order chi connectivity index (χ0) is 20.2. The molecular formula is C21H14N2O5S. The predicted molar refractivity (Wildman–Crippen MR) is 109 cm³/mol. The number of nitro benzene ring substituents is 1. The van der Waals surface area contributed by atoms with E-state index in [1.165, 1.54) is 23.5 Å². The summed E-state index contributed by atoms with van der Waals surface area (Å²) in [4.78, 5) is 27.3. The first-order valence-electron chi connectivity index (χ1n) is 8.61. The minimum atomic E-state index is -0.480. The van der Waals surface area contributed by atoms with Crippen molar-refractivity contribution in [3.8, 4) is 5.75 Å². The summed E-state index contributed by atoms with van der Waals surface area (Å²) in [5.74, 6) is 0.480. The Morgan fingerprint density at radius 2 is 1.86 bits per heavy atom. The molecule has 144 valence electrons. The van der Waals surface area contributed by atoms with Gasteiger partial charge in [-0.05, 0) is 52.9 Å². The van der Waals surface area contributed by atoms with Crippen molar-refractivity contribution in [2.24, 2.45) is 4.99 Å². The van der Waals surface area contributed by atoms with Crippen LogP contribution in [0.1, 0.15) is 16.0 Å². The van der Waals surface area contributed by atoms with Gasteiger partial charge in [-0.15, -0.1) is 11.3 Å². The molecule has 0 N–H and O–H groups in total. The van der Waals surface area contributed by atoms with Crippen LogP contribution in [0.15, 0.2) is 76.7 Å². The third-order valence-corrected chi connectivity index (χ3v) is 4.95. The van der Waals surface area contributed by atoms with E-state index in [9.17, 15) is 14.9 Å². The van der Waals surface area contributed by atoms with E-state index >= 15 is 0 Å². The summed E-state index contributed by atoms with van der Waals surface area (Å²) < 4.78 is 10.9. The molecule has 0 atom stereocenters. The molecule has 1 aliphatic heterocycles. The summed E-state index contributed by atoms with van der Waals surface area (Å²) in [6.45, 7) is 0.291. The molecule has 29 heavy (non-hydrogen) atoms. The second-order valence-electron chi connectivity index (χ2n) is 6.09. The highest BCUT2D eigenvalue weighted by Gasteiger charge is 2.24. The number of hydrogen-bond acceptors (Lipinski definition) is 7. The Balaban J connectivity index is 1.41. The third kappa shape index (κ3) is 4.39. The zero-order valence-corrected chi connectivity index (χ0v) is 15.8. The molecule has 1 aliphatic rings. The summed E-state index contributed by atoms with van der Waals surface area (Å²) in [5, 5.41) is 12.6. The van der Waals surface area contributed by atoms with Gasteiger partial charge in [0.2, 0.25) is 5.90 Å². The van der Waals surface area contributed by atoms with E-state index in [1.807, 2.05) is 29.6 Å². The summed E-state index contributed by atoms with van der Waals surface area (Å²) in [5.41, 5.74) is 1.90. The van der Waals surface area contributed by atoms with Crippen LogP contribution < -0.4 is 4.74 Å². The van der Waals surface area contributed by atoms with Gasteiger partial charge in [-0.2, -0.15) is 0 Å². The van der Waals surface area contributed by atoms with E-state index in [1.54, 1.807) is 30.3 Å². The van der Waals surface area contributed by atoms with Crippen LogP contribution >= 0.6 is 11.3 Å². The van der Waals surface area contributed by atoms with Gasteiger partial charge in [-0.25, -0.2) is 9.79 Å². The number of thiophene rings is 1. The second-order valence-corrected chi connectivity index (χ2v) is 7.04. The van der Waals surface area contributed by atoms with Gasteiger partial charge in [0.05, 0.1) is 9.80 Å². The molecule has 0 unspecified atom stereocenters. The number of ether oxygens (including phenoxy) is 2. The number of cyclic esters (lactones) is 1. The smallest absolute Gasteiger partial charge is 0.363 e. The molecule has 0 spiro atoms. The van der Waals surface area contributed by atoms with Gasteiger partial charge in [0.15, 0.2) is 5.70 Å². The number of benzene rings is 2. The monoisotopic (exact) mass is 406 g/mol. The summed E-state index contributed by atoms with van der Waals surface area (Å²) in [6, 6.07) is 17.1. The van der Waals surface area contributed by atoms with Crippen molar-refractivity contribution in [3.63, 3.8) is 0 Å². The Bertz CT molecular complexity index is 1100. The van der Waals surface area contributed by atoms with Gasteiger partial charge < -0.3 is 9.47 Å². The highest BCUT2D eigenvalue weighted by Crippen LogP contribution is 2.23. The molecule has 0 bridgehead atoms. The Labute approximate surface area is 169 Å². The van der Waals surface area contributed by atoms with Crippen molar-refractivity contribution in [2.75, 3.05) is 0 Å². The maximum atomic E-state index is 12.0. The van der Waals surface area contributed by atoms with E-state index in [0.717, 1.165) is 16.0 Å². The molecule has 0 aliphatic carbocycles. The molecule has 1 aromatic heterocycles. The van der Waals surface area contributed by atoms with E-state index in [2.05, 4.69) is 4.99 Å². The molecule has 2 heterocycles. The normalized spacial score (nSPS) is 14.6. The topological polar surface area (TPSA) is 91.0 Å². The molecule has 0 saturated carbocycles. The van der Waals surface area contributed by atoms with Gasteiger partial charge in [-0.3, -0.25) is 10.1 Å². The van der Waals surface area contributed by atoms with Crippen molar-refractivity contribution in [3.05, 3.63) is 97.9 Å². The van der Waals surface area contributed by atoms with Gasteiger partial charge >= 0.3 is 5.97 Å². The first-order valence-corrected chi connectivity index (χ1v) is 9.49. The predicted octanol–water partition coefficient (Wildman–Crippen LogP) is 4.58. The quantitative estimate of drug-likeness (QED) is 0.259. The summed E-state index contributed by atoms with van der Waals surface area (Å²) in [6.07, 6.45) is 1.66. The maximum Gasteiger partial charge on any atom is 0.363 e. The van der Waals surface area contributed by atoms with Crippen LogP contribution in [0.4, 0.5) is 5.69 Å². The first kappa shape index (κ1) is 18.6. The fraction of sp³-hybridized carbons (Fsp3) is 0.0476. The van der Waals surface area contributed by atoms with Crippen LogP contribution in [0, 0.1) is 10.1 Å². The number of rotatable bonds is 6. The highest BCUT2D eigenvalue weighted by molar-refractivity contribution is 7.12. The van der Waals surface area contributed by atoms with Crippen LogP contribution in [0.5, 0.6) is 5.75 Å². The molecule has 0 amide bonds. The van der Waals surface area contributed by atoms with Crippen molar-refractivity contribution in [2.45, 2.75) is 6.61 Å². The van der Waals surface area contributed by atoms with Crippen LogP contribution in [-0.4, -0.2) is 16.8 Å². The number of aliphatic imine (C=N–C) groups is 1. The lowest BCUT2D eigenvalue weighted by Gasteiger charge is -2.06. The lowest BCUT2D eigenvalue weighted by atomic mass is 10.2. The van der Waals surface area contributed by atoms with Crippen molar-refractivity contribution >= 4 is 35.0 Å². The maximum absolute atomic E-state index is 12.0. The van der Waals surface area contributed by atoms with Crippen molar-refractivity contribution in [1.82, 2.24) is 0 Å². The molecule has 2 aromatic carbocycles. The largest absolute Gasteiger partial charge is 0.489 e. The standard InChI is InChI=1S/C21H14N2O5S/c24-21-18(22-20(28-21)19-2-1-11-29-19)12-14-5-9-17(10-6-14)27-13-15-3-7-16(8-4-15)23(25)26/h1-12H,13H2/b18-12-. The number of carbonyl (C=O) groups excluding carboxylic acids is 1. The minimum absolute atomic E-state index is 0.0430. The Kier molecular flexibility index (Phi) is 5.17. The third-order valence-electron chi connectivity index (χ3n) is 4.09. The molecule has 7 nitrogen and oxygen atoms in total. The first-order chi connectivity index (χ1) is 14.1.